The van der Waals surface area contributed by atoms with Crippen molar-refractivity contribution in [2.75, 3.05) is 7.11 Å². The Morgan fingerprint density at radius 1 is 1.19 bits per heavy atom. The molecule has 0 fully saturated rings. The van der Waals surface area contributed by atoms with E-state index in [0.29, 0.717) is 33.8 Å². The maximum absolute atomic E-state index is 13.4. The van der Waals surface area contributed by atoms with Crippen LogP contribution in [0.2, 0.25) is 0 Å². The average Bonchev–Trinajstić information content (AvgIpc) is 2.91. The summed E-state index contributed by atoms with van der Waals surface area (Å²) in [5.41, 5.74) is 1.70. The van der Waals surface area contributed by atoms with Crippen LogP contribution < -0.4 is 15.0 Å². The Kier molecular flexibility index (Phi) is 7.98. The van der Waals surface area contributed by atoms with Crippen molar-refractivity contribution in [3.05, 3.63) is 103 Å². The predicted octanol–water partition coefficient (Wildman–Crippen LogP) is 6.05. The number of nitro benzene ring substituents is 1. The molecule has 190 valence electrons. The highest BCUT2D eigenvalue weighted by Crippen LogP contribution is 2.31. The first-order valence-corrected chi connectivity index (χ1v) is 12.4. The molecule has 0 N–H and O–H groups in total. The van der Waals surface area contributed by atoms with Crippen molar-refractivity contribution in [3.8, 4) is 11.5 Å². The zero-order valence-corrected chi connectivity index (χ0v) is 22.1. The second-order valence-corrected chi connectivity index (χ2v) is 9.31. The minimum absolute atomic E-state index is 0.000985. The SMILES string of the molecule is CC[C@@H](C)c1nc2ccc(Br)cc2c(=O)n1N=Cc1cccc(OC)c1OCc1ccc([N+](=O)[O-])cc1. The number of nitro groups is 1. The molecule has 0 saturated carbocycles. The maximum Gasteiger partial charge on any atom is 0.282 e. The second-order valence-electron chi connectivity index (χ2n) is 8.39. The van der Waals surface area contributed by atoms with Crippen LogP contribution in [0.3, 0.4) is 0 Å². The molecule has 0 amide bonds. The van der Waals surface area contributed by atoms with Crippen LogP contribution in [0.25, 0.3) is 10.9 Å². The molecule has 0 saturated heterocycles. The molecule has 1 atom stereocenters. The molecule has 0 aliphatic rings. The molecular formula is C27H25BrN4O5. The van der Waals surface area contributed by atoms with E-state index in [1.54, 1.807) is 42.6 Å². The van der Waals surface area contributed by atoms with Crippen molar-refractivity contribution in [1.82, 2.24) is 9.66 Å². The van der Waals surface area contributed by atoms with Crippen LogP contribution in [0.5, 0.6) is 11.5 Å². The zero-order chi connectivity index (χ0) is 26.5. The molecule has 9 nitrogen and oxygen atoms in total. The first-order chi connectivity index (χ1) is 17.8. The van der Waals surface area contributed by atoms with Crippen LogP contribution in [0, 0.1) is 10.1 Å². The third kappa shape index (κ3) is 5.69. The Morgan fingerprint density at radius 2 is 1.95 bits per heavy atom. The summed E-state index contributed by atoms with van der Waals surface area (Å²) in [4.78, 5) is 28.6. The molecule has 10 heteroatoms. The minimum atomic E-state index is -0.449. The van der Waals surface area contributed by atoms with Crippen molar-refractivity contribution in [3.63, 3.8) is 0 Å². The molecule has 3 aromatic carbocycles. The first-order valence-electron chi connectivity index (χ1n) is 11.6. The lowest BCUT2D eigenvalue weighted by molar-refractivity contribution is -0.384. The van der Waals surface area contributed by atoms with Crippen LogP contribution in [-0.4, -0.2) is 27.9 Å². The Morgan fingerprint density at radius 3 is 2.62 bits per heavy atom. The van der Waals surface area contributed by atoms with Gasteiger partial charge in [0.05, 0.1) is 29.2 Å². The molecule has 1 heterocycles. The Balaban J connectivity index is 1.73. The summed E-state index contributed by atoms with van der Waals surface area (Å²) in [6.45, 7) is 4.19. The van der Waals surface area contributed by atoms with E-state index in [9.17, 15) is 14.9 Å². The summed E-state index contributed by atoms with van der Waals surface area (Å²) in [5.74, 6) is 1.48. The van der Waals surface area contributed by atoms with Gasteiger partial charge in [-0.25, -0.2) is 4.98 Å². The Hall–Kier alpha value is -4.05. The summed E-state index contributed by atoms with van der Waals surface area (Å²) < 4.78 is 13.7. The fourth-order valence-electron chi connectivity index (χ4n) is 3.72. The lowest BCUT2D eigenvalue weighted by atomic mass is 10.1. The highest BCUT2D eigenvalue weighted by molar-refractivity contribution is 9.10. The van der Waals surface area contributed by atoms with Gasteiger partial charge in [-0.2, -0.15) is 9.78 Å². The molecule has 4 rings (SSSR count). The van der Waals surface area contributed by atoms with Gasteiger partial charge in [-0.1, -0.05) is 35.8 Å². The summed E-state index contributed by atoms with van der Waals surface area (Å²) in [6.07, 6.45) is 2.33. The number of aromatic nitrogens is 2. The number of halogens is 1. The summed E-state index contributed by atoms with van der Waals surface area (Å²) in [7, 11) is 1.53. The van der Waals surface area contributed by atoms with Gasteiger partial charge in [0.2, 0.25) is 0 Å². The van der Waals surface area contributed by atoms with Crippen molar-refractivity contribution in [2.45, 2.75) is 32.8 Å². The molecular weight excluding hydrogens is 540 g/mol. The van der Waals surface area contributed by atoms with Crippen molar-refractivity contribution in [2.24, 2.45) is 5.10 Å². The van der Waals surface area contributed by atoms with Gasteiger partial charge < -0.3 is 9.47 Å². The van der Waals surface area contributed by atoms with Crippen LogP contribution in [0.1, 0.15) is 43.1 Å². The van der Waals surface area contributed by atoms with Gasteiger partial charge in [0.1, 0.15) is 12.4 Å². The number of rotatable bonds is 9. The molecule has 0 bridgehead atoms. The molecule has 4 aromatic rings. The van der Waals surface area contributed by atoms with Crippen molar-refractivity contribution >= 4 is 38.7 Å². The van der Waals surface area contributed by atoms with E-state index in [0.717, 1.165) is 16.5 Å². The minimum Gasteiger partial charge on any atom is -0.493 e. The van der Waals surface area contributed by atoms with Gasteiger partial charge in [0.25, 0.3) is 11.2 Å². The van der Waals surface area contributed by atoms with E-state index >= 15 is 0 Å². The lowest BCUT2D eigenvalue weighted by Crippen LogP contribution is -2.23. The van der Waals surface area contributed by atoms with Gasteiger partial charge in [0.15, 0.2) is 11.5 Å². The van der Waals surface area contributed by atoms with Crippen molar-refractivity contribution < 1.29 is 14.4 Å². The van der Waals surface area contributed by atoms with E-state index in [2.05, 4.69) is 21.0 Å². The molecule has 0 aliphatic carbocycles. The molecule has 37 heavy (non-hydrogen) atoms. The number of para-hydroxylation sites is 1. The smallest absolute Gasteiger partial charge is 0.282 e. The van der Waals surface area contributed by atoms with Crippen LogP contribution in [-0.2, 0) is 6.61 Å². The number of methoxy groups -OCH3 is 1. The topological polar surface area (TPSA) is 109 Å². The molecule has 0 aliphatic heterocycles. The normalized spacial score (nSPS) is 12.1. The highest BCUT2D eigenvalue weighted by Gasteiger charge is 2.16. The zero-order valence-electron chi connectivity index (χ0n) is 20.6. The van der Waals surface area contributed by atoms with Gasteiger partial charge in [0, 0.05) is 28.1 Å². The average molecular weight is 565 g/mol. The summed E-state index contributed by atoms with van der Waals surface area (Å²) >= 11 is 3.42. The third-order valence-electron chi connectivity index (χ3n) is 5.96. The molecule has 0 spiro atoms. The maximum atomic E-state index is 13.4. The number of benzene rings is 3. The van der Waals surface area contributed by atoms with Crippen LogP contribution >= 0.6 is 15.9 Å². The van der Waals surface area contributed by atoms with Crippen LogP contribution in [0.4, 0.5) is 5.69 Å². The van der Waals surface area contributed by atoms with E-state index in [1.807, 2.05) is 26.0 Å². The largest absolute Gasteiger partial charge is 0.493 e. The van der Waals surface area contributed by atoms with Gasteiger partial charge in [-0.3, -0.25) is 14.9 Å². The lowest BCUT2D eigenvalue weighted by Gasteiger charge is -2.15. The Bertz CT molecular complexity index is 1530. The highest BCUT2D eigenvalue weighted by atomic mass is 79.9. The predicted molar refractivity (Wildman–Crippen MR) is 146 cm³/mol. The van der Waals surface area contributed by atoms with E-state index < -0.39 is 4.92 Å². The quantitative estimate of drug-likeness (QED) is 0.139. The fraction of sp³-hybridized carbons (Fsp3) is 0.222. The summed E-state index contributed by atoms with van der Waals surface area (Å²) in [6, 6.07) is 16.9. The van der Waals surface area contributed by atoms with E-state index in [4.69, 9.17) is 14.5 Å². The first kappa shape index (κ1) is 26.0. The molecule has 0 unspecified atom stereocenters. The number of ether oxygens (including phenoxy) is 2. The standard InChI is InChI=1S/C27H25BrN4O5/c1-4-17(2)26-30-23-13-10-20(28)14-22(23)27(33)31(26)29-15-19-6-5-7-24(36-3)25(19)37-16-18-8-11-21(12-9-18)32(34)35/h5-15,17H,4,16H2,1-3H3/t17-/m1/s1. The number of hydrogen-bond acceptors (Lipinski definition) is 7. The van der Waals surface area contributed by atoms with E-state index in [1.165, 1.54) is 23.9 Å². The summed E-state index contributed by atoms with van der Waals surface area (Å²) in [5, 5.41) is 15.9. The van der Waals surface area contributed by atoms with Gasteiger partial charge in [-0.05, 0) is 54.4 Å². The van der Waals surface area contributed by atoms with Crippen LogP contribution in [0.15, 0.2) is 75.0 Å². The third-order valence-corrected chi connectivity index (χ3v) is 6.45. The van der Waals surface area contributed by atoms with Gasteiger partial charge in [-0.15, -0.1) is 0 Å². The molecule has 1 aromatic heterocycles. The number of hydrogen-bond donors (Lipinski definition) is 0. The number of fused-ring (bicyclic) bond motifs is 1. The molecule has 0 radical (unpaired) electrons. The fourth-order valence-corrected chi connectivity index (χ4v) is 4.08. The van der Waals surface area contributed by atoms with Crippen molar-refractivity contribution in [1.29, 1.82) is 0 Å². The second kappa shape index (κ2) is 11.3. The monoisotopic (exact) mass is 564 g/mol. The van der Waals surface area contributed by atoms with E-state index in [-0.39, 0.29) is 23.8 Å². The Labute approximate surface area is 221 Å². The number of non-ortho nitro benzene ring substituents is 1. The van der Waals surface area contributed by atoms with Gasteiger partial charge >= 0.3 is 0 Å². The number of nitrogens with zero attached hydrogens (tertiary/aromatic N) is 4.